The summed E-state index contributed by atoms with van der Waals surface area (Å²) in [6.07, 6.45) is 2.01. The Morgan fingerprint density at radius 3 is 2.88 bits per heavy atom. The molecule has 0 aliphatic rings. The van der Waals surface area contributed by atoms with Crippen LogP contribution in [0.1, 0.15) is 25.3 Å². The summed E-state index contributed by atoms with van der Waals surface area (Å²) in [4.78, 5) is 10.9. The first-order valence-electron chi connectivity index (χ1n) is 5.48. The molecule has 0 bridgehead atoms. The van der Waals surface area contributed by atoms with Crippen molar-refractivity contribution in [2.75, 3.05) is 6.61 Å². The number of amides is 1. The van der Waals surface area contributed by atoms with E-state index in [1.807, 2.05) is 24.3 Å². The normalized spacial score (nSPS) is 9.88. The minimum atomic E-state index is -0.160. The van der Waals surface area contributed by atoms with Crippen LogP contribution in [0.25, 0.3) is 0 Å². The topological polar surface area (TPSA) is 64.3 Å². The first-order chi connectivity index (χ1) is 7.77. The van der Waals surface area contributed by atoms with E-state index < -0.39 is 0 Å². The molecule has 16 heavy (non-hydrogen) atoms. The van der Waals surface area contributed by atoms with Gasteiger partial charge in [-0.05, 0) is 24.5 Å². The molecule has 0 radical (unpaired) electrons. The molecule has 1 aromatic carbocycles. The summed E-state index contributed by atoms with van der Waals surface area (Å²) in [5.41, 5.74) is 3.28. The number of rotatable bonds is 6. The standard InChI is InChI=1S/C12H18N2O2/c1-2-10-6-3-4-7-11(10)16-9-5-8-12(15)14-13/h3-4,6-7H,2,5,8-9,13H2,1H3,(H,14,15). The maximum Gasteiger partial charge on any atom is 0.234 e. The van der Waals surface area contributed by atoms with Crippen molar-refractivity contribution < 1.29 is 9.53 Å². The highest BCUT2D eigenvalue weighted by molar-refractivity contribution is 5.75. The molecular formula is C12H18N2O2. The lowest BCUT2D eigenvalue weighted by molar-refractivity contribution is -0.121. The van der Waals surface area contributed by atoms with Gasteiger partial charge in [0, 0.05) is 6.42 Å². The van der Waals surface area contributed by atoms with Crippen molar-refractivity contribution in [3.05, 3.63) is 29.8 Å². The van der Waals surface area contributed by atoms with Crippen LogP contribution in [0.2, 0.25) is 0 Å². The fourth-order valence-electron chi connectivity index (χ4n) is 1.42. The van der Waals surface area contributed by atoms with Crippen molar-refractivity contribution >= 4 is 5.91 Å². The van der Waals surface area contributed by atoms with Gasteiger partial charge in [-0.3, -0.25) is 10.2 Å². The van der Waals surface area contributed by atoms with Crippen molar-refractivity contribution in [2.24, 2.45) is 5.84 Å². The molecule has 0 heterocycles. The molecule has 0 fully saturated rings. The number of hydrazine groups is 1. The van der Waals surface area contributed by atoms with E-state index in [0.717, 1.165) is 12.2 Å². The van der Waals surface area contributed by atoms with Gasteiger partial charge in [-0.15, -0.1) is 0 Å². The molecule has 0 aliphatic heterocycles. The summed E-state index contributed by atoms with van der Waals surface area (Å²) in [7, 11) is 0. The molecule has 0 saturated heterocycles. The third-order valence-corrected chi connectivity index (χ3v) is 2.32. The van der Waals surface area contributed by atoms with E-state index >= 15 is 0 Å². The largest absolute Gasteiger partial charge is 0.493 e. The predicted molar refractivity (Wildman–Crippen MR) is 62.9 cm³/mol. The first-order valence-corrected chi connectivity index (χ1v) is 5.48. The number of aryl methyl sites for hydroxylation is 1. The van der Waals surface area contributed by atoms with Crippen molar-refractivity contribution in [1.82, 2.24) is 5.43 Å². The molecular weight excluding hydrogens is 204 g/mol. The minimum Gasteiger partial charge on any atom is -0.493 e. The summed E-state index contributed by atoms with van der Waals surface area (Å²) in [6, 6.07) is 7.93. The van der Waals surface area contributed by atoms with Crippen LogP contribution >= 0.6 is 0 Å². The molecule has 88 valence electrons. The Kier molecular flexibility index (Phi) is 5.36. The van der Waals surface area contributed by atoms with Crippen molar-refractivity contribution in [3.8, 4) is 5.75 Å². The van der Waals surface area contributed by atoms with Gasteiger partial charge in [-0.2, -0.15) is 0 Å². The molecule has 1 amide bonds. The lowest BCUT2D eigenvalue weighted by Crippen LogP contribution is -2.29. The molecule has 0 aromatic heterocycles. The quantitative estimate of drug-likeness (QED) is 0.331. The van der Waals surface area contributed by atoms with Crippen LogP contribution in [0.4, 0.5) is 0 Å². The minimum absolute atomic E-state index is 0.160. The van der Waals surface area contributed by atoms with Crippen molar-refractivity contribution in [1.29, 1.82) is 0 Å². The number of benzene rings is 1. The Hall–Kier alpha value is -1.55. The lowest BCUT2D eigenvalue weighted by Gasteiger charge is -2.09. The summed E-state index contributed by atoms with van der Waals surface area (Å²) < 4.78 is 5.60. The van der Waals surface area contributed by atoms with Crippen LogP contribution in [0.5, 0.6) is 5.75 Å². The SMILES string of the molecule is CCc1ccccc1OCCCC(=O)NN. The summed E-state index contributed by atoms with van der Waals surface area (Å²) in [6.45, 7) is 2.62. The Bertz CT molecular complexity index is 340. The maximum atomic E-state index is 10.9. The molecule has 0 spiro atoms. The van der Waals surface area contributed by atoms with Crippen LogP contribution in [-0.4, -0.2) is 12.5 Å². The lowest BCUT2D eigenvalue weighted by atomic mass is 10.1. The Morgan fingerprint density at radius 2 is 2.19 bits per heavy atom. The molecule has 0 saturated carbocycles. The van der Waals surface area contributed by atoms with E-state index in [-0.39, 0.29) is 5.91 Å². The highest BCUT2D eigenvalue weighted by atomic mass is 16.5. The highest BCUT2D eigenvalue weighted by Crippen LogP contribution is 2.18. The van der Waals surface area contributed by atoms with Gasteiger partial charge in [-0.1, -0.05) is 25.1 Å². The van der Waals surface area contributed by atoms with Crippen molar-refractivity contribution in [2.45, 2.75) is 26.2 Å². The van der Waals surface area contributed by atoms with Gasteiger partial charge in [-0.25, -0.2) is 5.84 Å². The van der Waals surface area contributed by atoms with Crippen LogP contribution in [-0.2, 0) is 11.2 Å². The van der Waals surface area contributed by atoms with Crippen LogP contribution < -0.4 is 16.0 Å². The Labute approximate surface area is 95.8 Å². The van der Waals surface area contributed by atoms with Gasteiger partial charge in [0.15, 0.2) is 0 Å². The van der Waals surface area contributed by atoms with Gasteiger partial charge in [0.2, 0.25) is 5.91 Å². The zero-order valence-electron chi connectivity index (χ0n) is 9.53. The average molecular weight is 222 g/mol. The monoisotopic (exact) mass is 222 g/mol. The number of nitrogens with two attached hydrogens (primary N) is 1. The number of para-hydroxylation sites is 1. The van der Waals surface area contributed by atoms with Crippen molar-refractivity contribution in [3.63, 3.8) is 0 Å². The van der Waals surface area contributed by atoms with Gasteiger partial charge < -0.3 is 4.74 Å². The molecule has 1 rings (SSSR count). The van der Waals surface area contributed by atoms with E-state index in [1.165, 1.54) is 5.56 Å². The van der Waals surface area contributed by atoms with E-state index in [9.17, 15) is 4.79 Å². The molecule has 0 atom stereocenters. The second kappa shape index (κ2) is 6.85. The van der Waals surface area contributed by atoms with E-state index in [0.29, 0.717) is 19.4 Å². The van der Waals surface area contributed by atoms with E-state index in [4.69, 9.17) is 10.6 Å². The fourth-order valence-corrected chi connectivity index (χ4v) is 1.42. The average Bonchev–Trinajstić information content (AvgIpc) is 2.34. The van der Waals surface area contributed by atoms with Crippen LogP contribution in [0.15, 0.2) is 24.3 Å². The van der Waals surface area contributed by atoms with Gasteiger partial charge >= 0.3 is 0 Å². The maximum absolute atomic E-state index is 10.9. The summed E-state index contributed by atoms with van der Waals surface area (Å²) in [5, 5.41) is 0. The van der Waals surface area contributed by atoms with Gasteiger partial charge in [0.1, 0.15) is 5.75 Å². The number of carbonyl (C=O) groups excluding carboxylic acids is 1. The zero-order chi connectivity index (χ0) is 11.8. The van der Waals surface area contributed by atoms with E-state index in [1.54, 1.807) is 0 Å². The van der Waals surface area contributed by atoms with Crippen LogP contribution in [0, 0.1) is 0 Å². The summed E-state index contributed by atoms with van der Waals surface area (Å²) >= 11 is 0. The number of carbonyl (C=O) groups is 1. The summed E-state index contributed by atoms with van der Waals surface area (Å²) in [5.74, 6) is 5.71. The molecule has 4 heteroatoms. The molecule has 1 aromatic rings. The Morgan fingerprint density at radius 1 is 1.44 bits per heavy atom. The van der Waals surface area contributed by atoms with E-state index in [2.05, 4.69) is 12.3 Å². The number of hydrogen-bond donors (Lipinski definition) is 2. The second-order valence-corrected chi connectivity index (χ2v) is 3.48. The second-order valence-electron chi connectivity index (χ2n) is 3.48. The third-order valence-electron chi connectivity index (χ3n) is 2.32. The highest BCUT2D eigenvalue weighted by Gasteiger charge is 2.01. The van der Waals surface area contributed by atoms with Gasteiger partial charge in [0.05, 0.1) is 6.61 Å². The Balaban J connectivity index is 2.34. The first kappa shape index (κ1) is 12.5. The zero-order valence-corrected chi connectivity index (χ0v) is 9.53. The molecule has 4 nitrogen and oxygen atoms in total. The predicted octanol–water partition coefficient (Wildman–Crippen LogP) is 1.40. The van der Waals surface area contributed by atoms with Crippen LogP contribution in [0.3, 0.4) is 0 Å². The fraction of sp³-hybridized carbons (Fsp3) is 0.417. The smallest absolute Gasteiger partial charge is 0.234 e. The molecule has 3 N–H and O–H groups in total. The number of nitrogens with one attached hydrogen (secondary N) is 1. The number of ether oxygens (including phenoxy) is 1. The van der Waals surface area contributed by atoms with Gasteiger partial charge in [0.25, 0.3) is 0 Å². The molecule has 0 aliphatic carbocycles. The third kappa shape index (κ3) is 3.90. The molecule has 0 unspecified atom stereocenters. The number of hydrogen-bond acceptors (Lipinski definition) is 3.